The third-order valence-electron chi connectivity index (χ3n) is 4.72. The molecule has 30 heavy (non-hydrogen) atoms. The Hall–Kier alpha value is -4.26. The maximum atomic E-state index is 12.6. The first-order valence-corrected chi connectivity index (χ1v) is 9.07. The smallest absolute Gasteiger partial charge is 0.337 e. The second-order valence-electron chi connectivity index (χ2n) is 6.56. The van der Waals surface area contributed by atoms with Crippen LogP contribution in [0.5, 0.6) is 0 Å². The minimum atomic E-state index is -0.503. The fourth-order valence-electron chi connectivity index (χ4n) is 3.23. The van der Waals surface area contributed by atoms with Gasteiger partial charge in [-0.25, -0.2) is 9.69 Å². The summed E-state index contributed by atoms with van der Waals surface area (Å²) in [5.41, 5.74) is 2.18. The number of carbonyl (C=O) groups excluding carboxylic acids is 4. The normalized spacial score (nSPS) is 12.5. The average molecular weight is 400 g/mol. The molecule has 0 atom stereocenters. The molecule has 1 aliphatic heterocycles. The van der Waals surface area contributed by atoms with Crippen LogP contribution in [-0.2, 0) is 4.74 Å². The predicted octanol–water partition coefficient (Wildman–Crippen LogP) is 3.53. The van der Waals surface area contributed by atoms with E-state index in [1.165, 1.54) is 25.3 Å². The van der Waals surface area contributed by atoms with Gasteiger partial charge in [-0.3, -0.25) is 14.4 Å². The van der Waals surface area contributed by atoms with Gasteiger partial charge in [0.15, 0.2) is 0 Å². The number of hydrogen-bond donors (Lipinski definition) is 1. The number of benzene rings is 3. The number of methoxy groups -OCH3 is 1. The molecular weight excluding hydrogens is 384 g/mol. The van der Waals surface area contributed by atoms with Gasteiger partial charge < -0.3 is 10.1 Å². The van der Waals surface area contributed by atoms with Crippen molar-refractivity contribution in [1.82, 2.24) is 0 Å². The number of carbonyl (C=O) groups is 4. The molecule has 1 N–H and O–H groups in total. The van der Waals surface area contributed by atoms with Crippen molar-refractivity contribution in [1.29, 1.82) is 0 Å². The second-order valence-corrected chi connectivity index (χ2v) is 6.56. The lowest BCUT2D eigenvalue weighted by Crippen LogP contribution is -2.29. The van der Waals surface area contributed by atoms with Crippen LogP contribution in [0.4, 0.5) is 11.4 Å². The van der Waals surface area contributed by atoms with E-state index in [-0.39, 0.29) is 0 Å². The number of rotatable bonds is 4. The molecule has 0 saturated carbocycles. The van der Waals surface area contributed by atoms with Crippen LogP contribution in [0.1, 0.15) is 41.4 Å². The van der Waals surface area contributed by atoms with E-state index >= 15 is 0 Å². The Morgan fingerprint density at radius 3 is 2.03 bits per heavy atom. The molecule has 0 saturated heterocycles. The van der Waals surface area contributed by atoms with E-state index in [4.69, 9.17) is 0 Å². The number of ether oxygens (including phenoxy) is 1. The van der Waals surface area contributed by atoms with Gasteiger partial charge in [-0.15, -0.1) is 0 Å². The maximum Gasteiger partial charge on any atom is 0.337 e. The van der Waals surface area contributed by atoms with Crippen molar-refractivity contribution in [2.24, 2.45) is 0 Å². The summed E-state index contributed by atoms with van der Waals surface area (Å²) in [5, 5.41) is 2.70. The number of hydrogen-bond acceptors (Lipinski definition) is 5. The van der Waals surface area contributed by atoms with Crippen molar-refractivity contribution in [2.45, 2.75) is 0 Å². The molecule has 0 fully saturated rings. The van der Waals surface area contributed by atoms with Gasteiger partial charge in [0.2, 0.25) is 0 Å². The molecule has 3 aromatic rings. The Morgan fingerprint density at radius 1 is 0.800 bits per heavy atom. The molecule has 0 aromatic heterocycles. The summed E-state index contributed by atoms with van der Waals surface area (Å²) in [6.45, 7) is 0. The van der Waals surface area contributed by atoms with Crippen molar-refractivity contribution in [2.75, 3.05) is 17.3 Å². The number of nitrogens with zero attached hydrogens (tertiary/aromatic N) is 1. The molecule has 3 aromatic carbocycles. The third-order valence-corrected chi connectivity index (χ3v) is 4.72. The first-order valence-electron chi connectivity index (χ1n) is 9.07. The topological polar surface area (TPSA) is 92.8 Å². The maximum absolute atomic E-state index is 12.6. The van der Waals surface area contributed by atoms with Gasteiger partial charge in [0.1, 0.15) is 0 Å². The van der Waals surface area contributed by atoms with E-state index < -0.39 is 23.7 Å². The van der Waals surface area contributed by atoms with Gasteiger partial charge in [-0.05, 0) is 54.6 Å². The van der Waals surface area contributed by atoms with Gasteiger partial charge in [0.25, 0.3) is 17.7 Å². The van der Waals surface area contributed by atoms with E-state index in [9.17, 15) is 19.2 Å². The van der Waals surface area contributed by atoms with E-state index in [2.05, 4.69) is 10.1 Å². The Morgan fingerprint density at radius 2 is 1.43 bits per heavy atom. The Labute approximate surface area is 171 Å². The molecule has 0 aliphatic carbocycles. The fourth-order valence-corrected chi connectivity index (χ4v) is 3.23. The number of nitrogens with one attached hydrogen (secondary N) is 1. The number of esters is 1. The predicted molar refractivity (Wildman–Crippen MR) is 110 cm³/mol. The number of imide groups is 1. The summed E-state index contributed by atoms with van der Waals surface area (Å²) in [6.07, 6.45) is 0. The average Bonchev–Trinajstić information content (AvgIpc) is 3.04. The molecular formula is C23H16N2O5. The molecule has 0 unspecified atom stereocenters. The fraction of sp³-hybridized carbons (Fsp3) is 0.0435. The molecule has 0 bridgehead atoms. The zero-order valence-corrected chi connectivity index (χ0v) is 15.9. The molecule has 4 rings (SSSR count). The largest absolute Gasteiger partial charge is 0.465 e. The van der Waals surface area contributed by atoms with Crippen molar-refractivity contribution in [3.8, 4) is 0 Å². The van der Waals surface area contributed by atoms with Crippen LogP contribution < -0.4 is 10.2 Å². The summed E-state index contributed by atoms with van der Waals surface area (Å²) in [5.74, 6) is -1.69. The molecule has 0 radical (unpaired) electrons. The van der Waals surface area contributed by atoms with Crippen molar-refractivity contribution >= 4 is 35.1 Å². The lowest BCUT2D eigenvalue weighted by Gasteiger charge is -2.14. The van der Waals surface area contributed by atoms with E-state index in [0.29, 0.717) is 33.6 Å². The van der Waals surface area contributed by atoms with E-state index in [1.807, 2.05) is 0 Å². The van der Waals surface area contributed by atoms with Crippen LogP contribution in [0.25, 0.3) is 0 Å². The van der Waals surface area contributed by atoms with Crippen molar-refractivity contribution in [3.63, 3.8) is 0 Å². The zero-order valence-electron chi connectivity index (χ0n) is 15.9. The van der Waals surface area contributed by atoms with Gasteiger partial charge in [0, 0.05) is 11.3 Å². The van der Waals surface area contributed by atoms with Gasteiger partial charge in [0.05, 0.1) is 29.5 Å². The molecule has 7 heteroatoms. The first kappa shape index (κ1) is 19.1. The molecule has 148 valence electrons. The van der Waals surface area contributed by atoms with Crippen molar-refractivity contribution < 1.29 is 23.9 Å². The highest BCUT2D eigenvalue weighted by molar-refractivity contribution is 6.34. The summed E-state index contributed by atoms with van der Waals surface area (Å²) < 4.78 is 4.67. The summed E-state index contributed by atoms with van der Waals surface area (Å²) in [7, 11) is 1.28. The highest BCUT2D eigenvalue weighted by atomic mass is 16.5. The van der Waals surface area contributed by atoms with E-state index in [1.54, 1.807) is 54.6 Å². The van der Waals surface area contributed by atoms with Gasteiger partial charge >= 0.3 is 5.97 Å². The number of anilines is 2. The zero-order chi connectivity index (χ0) is 21.3. The number of fused-ring (bicyclic) bond motifs is 1. The SMILES string of the molecule is COC(=O)c1cccc(NC(=O)c2ccc(N3C(=O)c4ccccc4C3=O)cc2)c1. The summed E-state index contributed by atoms with van der Waals surface area (Å²) in [4.78, 5) is 50.4. The standard InChI is InChI=1S/C23H16N2O5/c1-30-23(29)15-5-4-6-16(13-15)24-20(26)14-9-11-17(12-10-14)25-21(27)18-7-2-3-8-19(18)22(25)28/h2-13H,1H3,(H,24,26). The molecule has 0 spiro atoms. The van der Waals surface area contributed by atoms with Gasteiger partial charge in [-0.1, -0.05) is 18.2 Å². The van der Waals surface area contributed by atoms with Crippen LogP contribution in [0, 0.1) is 0 Å². The summed E-state index contributed by atoms with van der Waals surface area (Å²) in [6, 6.07) is 19.1. The first-order chi connectivity index (χ1) is 14.5. The van der Waals surface area contributed by atoms with Crippen molar-refractivity contribution in [3.05, 3.63) is 95.1 Å². The summed E-state index contributed by atoms with van der Waals surface area (Å²) >= 11 is 0. The molecule has 7 nitrogen and oxygen atoms in total. The lowest BCUT2D eigenvalue weighted by molar-refractivity contribution is 0.0600. The Balaban J connectivity index is 1.52. The third kappa shape index (κ3) is 3.33. The molecule has 1 aliphatic rings. The lowest BCUT2D eigenvalue weighted by atomic mass is 10.1. The minimum absolute atomic E-state index is 0.316. The van der Waals surface area contributed by atoms with Crippen LogP contribution in [0.2, 0.25) is 0 Å². The van der Waals surface area contributed by atoms with E-state index in [0.717, 1.165) is 4.90 Å². The molecule has 3 amide bonds. The number of amides is 3. The monoisotopic (exact) mass is 400 g/mol. The highest BCUT2D eigenvalue weighted by Gasteiger charge is 2.36. The van der Waals surface area contributed by atoms with Gasteiger partial charge in [-0.2, -0.15) is 0 Å². The quantitative estimate of drug-likeness (QED) is 0.534. The van der Waals surface area contributed by atoms with Crippen LogP contribution in [-0.4, -0.2) is 30.8 Å². The highest BCUT2D eigenvalue weighted by Crippen LogP contribution is 2.28. The van der Waals surface area contributed by atoms with Crippen LogP contribution >= 0.6 is 0 Å². The minimum Gasteiger partial charge on any atom is -0.465 e. The second kappa shape index (κ2) is 7.63. The Kier molecular flexibility index (Phi) is 4.85. The molecule has 1 heterocycles. The van der Waals surface area contributed by atoms with Crippen LogP contribution in [0.15, 0.2) is 72.8 Å². The Bertz CT molecular complexity index is 1150. The van der Waals surface area contributed by atoms with Crippen LogP contribution in [0.3, 0.4) is 0 Å².